The number of halogens is 1. The minimum absolute atomic E-state index is 0.0482. The first-order chi connectivity index (χ1) is 10.1. The first-order valence-corrected chi connectivity index (χ1v) is 7.47. The molecule has 5 nitrogen and oxygen atoms in total. The van der Waals surface area contributed by atoms with Gasteiger partial charge in [0.15, 0.2) is 0 Å². The van der Waals surface area contributed by atoms with Gasteiger partial charge in [-0.25, -0.2) is 4.79 Å². The summed E-state index contributed by atoms with van der Waals surface area (Å²) in [5.41, 5.74) is 0.300. The Morgan fingerprint density at radius 2 is 2.24 bits per heavy atom. The molecule has 6 heteroatoms. The molecule has 1 atom stereocenters. The molecule has 1 aliphatic rings. The molecule has 1 aromatic rings. The van der Waals surface area contributed by atoms with Crippen LogP contribution in [0.3, 0.4) is 0 Å². The lowest BCUT2D eigenvalue weighted by Gasteiger charge is -2.22. The number of anilines is 1. The normalized spacial score (nSPS) is 18.2. The Balaban J connectivity index is 1.92. The minimum Gasteiger partial charge on any atom is -0.478 e. The molecule has 0 bridgehead atoms. The summed E-state index contributed by atoms with van der Waals surface area (Å²) in [7, 11) is 0. The number of aromatic carboxylic acids is 1. The molecule has 0 radical (unpaired) electrons. The van der Waals surface area contributed by atoms with Crippen LogP contribution in [0.15, 0.2) is 18.2 Å². The number of carbonyl (C=O) groups excluding carboxylic acids is 1. The summed E-state index contributed by atoms with van der Waals surface area (Å²) in [5, 5.41) is 15.5. The van der Waals surface area contributed by atoms with E-state index in [0.29, 0.717) is 17.4 Å². The highest BCUT2D eigenvalue weighted by Gasteiger charge is 2.16. The third-order valence-corrected chi connectivity index (χ3v) is 3.90. The van der Waals surface area contributed by atoms with Gasteiger partial charge < -0.3 is 15.7 Å². The van der Waals surface area contributed by atoms with E-state index in [1.54, 1.807) is 0 Å². The van der Waals surface area contributed by atoms with Crippen molar-refractivity contribution in [2.24, 2.45) is 5.92 Å². The van der Waals surface area contributed by atoms with E-state index in [1.165, 1.54) is 18.2 Å². The van der Waals surface area contributed by atoms with E-state index >= 15 is 0 Å². The summed E-state index contributed by atoms with van der Waals surface area (Å²) in [6.07, 6.45) is 3.47. The molecule has 0 spiro atoms. The Labute approximate surface area is 128 Å². The van der Waals surface area contributed by atoms with Crippen molar-refractivity contribution >= 4 is 29.2 Å². The quantitative estimate of drug-likeness (QED) is 0.781. The average molecular weight is 311 g/mol. The smallest absolute Gasteiger partial charge is 0.337 e. The maximum Gasteiger partial charge on any atom is 0.337 e. The van der Waals surface area contributed by atoms with Crippen LogP contribution < -0.4 is 10.6 Å². The molecule has 0 aliphatic carbocycles. The molecular formula is C15H19ClN2O3. The number of hydrogen-bond acceptors (Lipinski definition) is 3. The van der Waals surface area contributed by atoms with E-state index in [4.69, 9.17) is 16.7 Å². The standard InChI is InChI=1S/C15H19ClN2O3/c16-11-4-5-12(15(20)21)13(8-11)18-14(19)6-3-10-2-1-7-17-9-10/h4-5,8,10,17H,1-3,6-7,9H2,(H,18,19)(H,20,21). The lowest BCUT2D eigenvalue weighted by molar-refractivity contribution is -0.116. The summed E-state index contributed by atoms with van der Waals surface area (Å²) >= 11 is 5.85. The van der Waals surface area contributed by atoms with Gasteiger partial charge >= 0.3 is 5.97 Å². The second kappa shape index (κ2) is 7.43. The van der Waals surface area contributed by atoms with Gasteiger partial charge in [0.2, 0.25) is 5.91 Å². The van der Waals surface area contributed by atoms with E-state index in [9.17, 15) is 9.59 Å². The molecule has 0 aromatic heterocycles. The Morgan fingerprint density at radius 3 is 2.90 bits per heavy atom. The fourth-order valence-corrected chi connectivity index (χ4v) is 2.70. The molecule has 1 fully saturated rings. The van der Waals surface area contributed by atoms with Crippen LogP contribution in [0.2, 0.25) is 5.02 Å². The van der Waals surface area contributed by atoms with Crippen molar-refractivity contribution in [2.45, 2.75) is 25.7 Å². The van der Waals surface area contributed by atoms with Crippen molar-refractivity contribution in [3.63, 3.8) is 0 Å². The highest BCUT2D eigenvalue weighted by Crippen LogP contribution is 2.22. The van der Waals surface area contributed by atoms with Crippen LogP contribution in [-0.4, -0.2) is 30.1 Å². The zero-order valence-corrected chi connectivity index (χ0v) is 12.4. The number of carboxylic acids is 1. The summed E-state index contributed by atoms with van der Waals surface area (Å²) in [5.74, 6) is -0.744. The van der Waals surface area contributed by atoms with Crippen molar-refractivity contribution in [2.75, 3.05) is 18.4 Å². The minimum atomic E-state index is -1.08. The van der Waals surface area contributed by atoms with Crippen molar-refractivity contribution < 1.29 is 14.7 Å². The summed E-state index contributed by atoms with van der Waals surface area (Å²) in [4.78, 5) is 23.1. The maximum atomic E-state index is 12.0. The number of amides is 1. The molecule has 2 rings (SSSR count). The van der Waals surface area contributed by atoms with Crippen LogP contribution >= 0.6 is 11.6 Å². The van der Waals surface area contributed by atoms with Gasteiger partial charge in [0.1, 0.15) is 0 Å². The van der Waals surface area contributed by atoms with E-state index < -0.39 is 5.97 Å². The number of carboxylic acid groups (broad SMARTS) is 1. The fraction of sp³-hybridized carbons (Fsp3) is 0.467. The number of hydrogen-bond donors (Lipinski definition) is 3. The van der Waals surface area contributed by atoms with Crippen molar-refractivity contribution in [1.82, 2.24) is 5.32 Å². The topological polar surface area (TPSA) is 78.4 Å². The monoisotopic (exact) mass is 310 g/mol. The van der Waals surface area contributed by atoms with Crippen LogP contribution in [0.1, 0.15) is 36.0 Å². The summed E-state index contributed by atoms with van der Waals surface area (Å²) in [6.45, 7) is 2.00. The SMILES string of the molecule is O=C(CCC1CCCNC1)Nc1cc(Cl)ccc1C(=O)O. The Morgan fingerprint density at radius 1 is 1.43 bits per heavy atom. The zero-order valence-electron chi connectivity index (χ0n) is 11.7. The van der Waals surface area contributed by atoms with Crippen molar-refractivity contribution in [3.8, 4) is 0 Å². The molecule has 1 saturated heterocycles. The van der Waals surface area contributed by atoms with Gasteiger partial charge in [-0.1, -0.05) is 11.6 Å². The molecule has 1 heterocycles. The molecule has 1 aromatic carbocycles. The predicted molar refractivity (Wildman–Crippen MR) is 81.9 cm³/mol. The second-order valence-corrected chi connectivity index (χ2v) is 5.73. The molecule has 1 unspecified atom stereocenters. The van der Waals surface area contributed by atoms with Gasteiger partial charge in [-0.15, -0.1) is 0 Å². The fourth-order valence-electron chi connectivity index (χ4n) is 2.52. The van der Waals surface area contributed by atoms with E-state index in [2.05, 4.69) is 10.6 Å². The van der Waals surface area contributed by atoms with Crippen LogP contribution in [-0.2, 0) is 4.79 Å². The highest BCUT2D eigenvalue weighted by molar-refractivity contribution is 6.31. The highest BCUT2D eigenvalue weighted by atomic mass is 35.5. The van der Waals surface area contributed by atoms with Crippen molar-refractivity contribution in [3.05, 3.63) is 28.8 Å². The Kier molecular flexibility index (Phi) is 5.59. The van der Waals surface area contributed by atoms with E-state index in [1.807, 2.05) is 0 Å². The molecule has 3 N–H and O–H groups in total. The first kappa shape index (κ1) is 15.8. The number of rotatable bonds is 5. The predicted octanol–water partition coefficient (Wildman–Crippen LogP) is 2.76. The van der Waals surface area contributed by atoms with E-state index in [0.717, 1.165) is 32.4 Å². The Bertz CT molecular complexity index is 528. The van der Waals surface area contributed by atoms with Crippen LogP contribution in [0.4, 0.5) is 5.69 Å². The summed E-state index contributed by atoms with van der Waals surface area (Å²) in [6, 6.07) is 4.35. The van der Waals surface area contributed by atoms with Gasteiger partial charge in [0.25, 0.3) is 0 Å². The molecule has 1 amide bonds. The average Bonchev–Trinajstić information content (AvgIpc) is 2.46. The second-order valence-electron chi connectivity index (χ2n) is 5.29. The maximum absolute atomic E-state index is 12.0. The van der Waals surface area contributed by atoms with Crippen LogP contribution in [0, 0.1) is 5.92 Å². The van der Waals surface area contributed by atoms with Gasteiger partial charge in [-0.3, -0.25) is 4.79 Å². The van der Waals surface area contributed by atoms with Gasteiger partial charge in [0.05, 0.1) is 11.3 Å². The number of carbonyl (C=O) groups is 2. The third-order valence-electron chi connectivity index (χ3n) is 3.66. The molecular weight excluding hydrogens is 292 g/mol. The van der Waals surface area contributed by atoms with E-state index in [-0.39, 0.29) is 17.2 Å². The lowest BCUT2D eigenvalue weighted by atomic mass is 9.94. The first-order valence-electron chi connectivity index (χ1n) is 7.09. The third kappa shape index (κ3) is 4.72. The molecule has 1 aliphatic heterocycles. The van der Waals surface area contributed by atoms with Gasteiger partial charge in [-0.05, 0) is 56.5 Å². The van der Waals surface area contributed by atoms with Gasteiger partial charge in [0, 0.05) is 11.4 Å². The number of piperidine rings is 1. The Hall–Kier alpha value is -1.59. The molecule has 21 heavy (non-hydrogen) atoms. The number of benzene rings is 1. The van der Waals surface area contributed by atoms with Gasteiger partial charge in [-0.2, -0.15) is 0 Å². The van der Waals surface area contributed by atoms with Crippen molar-refractivity contribution in [1.29, 1.82) is 0 Å². The molecule has 0 saturated carbocycles. The number of nitrogens with one attached hydrogen (secondary N) is 2. The molecule has 114 valence electrons. The lowest BCUT2D eigenvalue weighted by Crippen LogP contribution is -2.30. The van der Waals surface area contributed by atoms with Crippen LogP contribution in [0.25, 0.3) is 0 Å². The van der Waals surface area contributed by atoms with Crippen LogP contribution in [0.5, 0.6) is 0 Å². The largest absolute Gasteiger partial charge is 0.478 e. The zero-order chi connectivity index (χ0) is 15.2. The summed E-state index contributed by atoms with van der Waals surface area (Å²) < 4.78 is 0.